The average Bonchev–Trinajstić information content (AvgIpc) is 3.22. The van der Waals surface area contributed by atoms with Crippen molar-refractivity contribution in [3.63, 3.8) is 0 Å². The van der Waals surface area contributed by atoms with Crippen LogP contribution in [0.15, 0.2) is 54.6 Å². The highest BCUT2D eigenvalue weighted by molar-refractivity contribution is 7.17. The molecule has 2 aromatic carbocycles. The van der Waals surface area contributed by atoms with Gasteiger partial charge in [0, 0.05) is 12.0 Å². The van der Waals surface area contributed by atoms with Crippen LogP contribution in [0.2, 0.25) is 0 Å². The van der Waals surface area contributed by atoms with Crippen LogP contribution in [0.1, 0.15) is 32.4 Å². The van der Waals surface area contributed by atoms with Gasteiger partial charge in [0.1, 0.15) is 21.9 Å². The van der Waals surface area contributed by atoms with E-state index < -0.39 is 23.9 Å². The Morgan fingerprint density at radius 3 is 2.56 bits per heavy atom. The van der Waals surface area contributed by atoms with E-state index in [9.17, 15) is 9.59 Å². The maximum Gasteiger partial charge on any atom is 0.350 e. The number of aromatic nitrogens is 1. The number of fused-ring (bicyclic) bond motifs is 1. The van der Waals surface area contributed by atoms with Gasteiger partial charge in [0.2, 0.25) is 5.91 Å². The zero-order valence-corrected chi connectivity index (χ0v) is 15.5. The van der Waals surface area contributed by atoms with E-state index in [-0.39, 0.29) is 0 Å². The second-order valence-electron chi connectivity index (χ2n) is 6.53. The van der Waals surface area contributed by atoms with Crippen molar-refractivity contribution in [2.45, 2.75) is 25.4 Å². The number of benzene rings is 2. The van der Waals surface area contributed by atoms with Gasteiger partial charge in [-0.2, -0.15) is 0 Å². The number of nitrogens with two attached hydrogens (primary N) is 1. The molecule has 1 heterocycles. The number of carbonyl (C=O) groups is 2. The van der Waals surface area contributed by atoms with E-state index in [0.717, 1.165) is 21.7 Å². The molecule has 0 spiro atoms. The van der Waals surface area contributed by atoms with E-state index in [1.807, 2.05) is 54.6 Å². The minimum atomic E-state index is -0.619. The van der Waals surface area contributed by atoms with Crippen molar-refractivity contribution >= 4 is 23.2 Å². The summed E-state index contributed by atoms with van der Waals surface area (Å²) in [7, 11) is 0. The van der Waals surface area contributed by atoms with Crippen LogP contribution >= 0.6 is 11.3 Å². The number of nitrogens with zero attached hydrogens (tertiary/aromatic N) is 1. The molecule has 1 aromatic heterocycles. The van der Waals surface area contributed by atoms with Gasteiger partial charge in [0.15, 0.2) is 0 Å². The molecule has 4 rings (SSSR count). The summed E-state index contributed by atoms with van der Waals surface area (Å²) in [4.78, 5) is 29.7. The highest BCUT2D eigenvalue weighted by atomic mass is 32.1. The van der Waals surface area contributed by atoms with Gasteiger partial charge in [-0.25, -0.2) is 9.78 Å². The third-order valence-corrected chi connectivity index (χ3v) is 5.94. The number of thiazole rings is 1. The minimum Gasteiger partial charge on any atom is -0.457 e. The van der Waals surface area contributed by atoms with Crippen molar-refractivity contribution in [2.24, 2.45) is 5.73 Å². The van der Waals surface area contributed by atoms with Gasteiger partial charge < -0.3 is 10.5 Å². The highest BCUT2D eigenvalue weighted by Gasteiger charge is 2.39. The van der Waals surface area contributed by atoms with E-state index in [4.69, 9.17) is 10.5 Å². The number of hydrogen-bond donors (Lipinski definition) is 1. The first-order valence-electron chi connectivity index (χ1n) is 8.65. The summed E-state index contributed by atoms with van der Waals surface area (Å²) in [6, 6.07) is 17.2. The number of hydrogen-bond acceptors (Lipinski definition) is 5. The minimum absolute atomic E-state index is 0.452. The molecule has 1 amide bonds. The molecule has 0 saturated heterocycles. The van der Waals surface area contributed by atoms with Gasteiger partial charge in [-0.15, -0.1) is 11.3 Å². The van der Waals surface area contributed by atoms with E-state index >= 15 is 0 Å². The second kappa shape index (κ2) is 6.96. The Labute approximate surface area is 160 Å². The maximum atomic E-state index is 12.8. The zero-order chi connectivity index (χ0) is 19.0. The molecular formula is C21H18N2O3S. The molecule has 2 N–H and O–H groups in total. The lowest BCUT2D eigenvalue weighted by Crippen LogP contribution is -2.32. The summed E-state index contributed by atoms with van der Waals surface area (Å²) in [6.07, 6.45) is -0.104. The summed E-state index contributed by atoms with van der Waals surface area (Å²) < 4.78 is 5.71. The van der Waals surface area contributed by atoms with Gasteiger partial charge >= 0.3 is 5.97 Å². The van der Waals surface area contributed by atoms with E-state index in [1.165, 1.54) is 11.3 Å². The molecule has 6 heteroatoms. The lowest BCUT2D eigenvalue weighted by molar-refractivity contribution is -0.121. The first kappa shape index (κ1) is 17.4. The Hall–Kier alpha value is -2.99. The number of ether oxygens (including phenoxy) is 1. The Bertz CT molecular complexity index is 1010. The average molecular weight is 378 g/mol. The van der Waals surface area contributed by atoms with E-state index in [0.29, 0.717) is 17.0 Å². The molecule has 0 fully saturated rings. The molecule has 2 unspecified atom stereocenters. The largest absolute Gasteiger partial charge is 0.457 e. The number of rotatable bonds is 4. The third kappa shape index (κ3) is 3.24. The molecule has 0 bridgehead atoms. The molecule has 5 nitrogen and oxygen atoms in total. The highest BCUT2D eigenvalue weighted by Crippen LogP contribution is 2.36. The van der Waals surface area contributed by atoms with Crippen LogP contribution in [0, 0.1) is 6.92 Å². The molecule has 136 valence electrons. The Morgan fingerprint density at radius 1 is 1.11 bits per heavy atom. The first-order chi connectivity index (χ1) is 13.0. The van der Waals surface area contributed by atoms with Crippen LogP contribution in [0.5, 0.6) is 0 Å². The van der Waals surface area contributed by atoms with Crippen molar-refractivity contribution in [1.29, 1.82) is 0 Å². The molecular weight excluding hydrogens is 360 g/mol. The van der Waals surface area contributed by atoms with Crippen LogP contribution in [-0.4, -0.2) is 23.0 Å². The Balaban J connectivity index is 1.58. The summed E-state index contributed by atoms with van der Waals surface area (Å²) in [6.45, 7) is 1.79. The van der Waals surface area contributed by atoms with E-state index in [1.54, 1.807) is 6.92 Å². The number of esters is 1. The Morgan fingerprint density at radius 2 is 1.81 bits per heavy atom. The second-order valence-corrected chi connectivity index (χ2v) is 7.53. The van der Waals surface area contributed by atoms with Crippen molar-refractivity contribution in [3.05, 3.63) is 76.3 Å². The lowest BCUT2D eigenvalue weighted by atomic mass is 9.99. The maximum absolute atomic E-state index is 12.8. The standard InChI is InChI=1S/C21H18N2O3S/c1-12-18(27-20(23-12)13-7-3-2-4-8-13)21(25)26-16-11-14-9-5-6-10-15(14)17(16)19(22)24/h2-10,16-17H,11H2,1H3,(H2,22,24). The summed E-state index contributed by atoms with van der Waals surface area (Å²) in [5.74, 6) is -1.56. The summed E-state index contributed by atoms with van der Waals surface area (Å²) in [5.41, 5.74) is 8.99. The first-order valence-corrected chi connectivity index (χ1v) is 9.47. The predicted molar refractivity (Wildman–Crippen MR) is 104 cm³/mol. The molecule has 1 aliphatic carbocycles. The van der Waals surface area contributed by atoms with Crippen LogP contribution in [-0.2, 0) is 16.0 Å². The lowest BCUT2D eigenvalue weighted by Gasteiger charge is -2.17. The van der Waals surface area contributed by atoms with Crippen molar-refractivity contribution in [2.75, 3.05) is 0 Å². The van der Waals surface area contributed by atoms with Crippen molar-refractivity contribution in [3.8, 4) is 10.6 Å². The fraction of sp³-hybridized carbons (Fsp3) is 0.190. The number of aryl methyl sites for hydroxylation is 1. The summed E-state index contributed by atoms with van der Waals surface area (Å²) in [5, 5.41) is 0.765. The molecule has 0 saturated carbocycles. The molecule has 2 atom stereocenters. The summed E-state index contributed by atoms with van der Waals surface area (Å²) >= 11 is 1.30. The molecule has 3 aromatic rings. The van der Waals surface area contributed by atoms with Crippen LogP contribution in [0.3, 0.4) is 0 Å². The molecule has 0 radical (unpaired) electrons. The molecule has 27 heavy (non-hydrogen) atoms. The Kier molecular flexibility index (Phi) is 4.49. The monoisotopic (exact) mass is 378 g/mol. The fourth-order valence-corrected chi connectivity index (χ4v) is 4.44. The smallest absolute Gasteiger partial charge is 0.350 e. The van der Waals surface area contributed by atoms with Gasteiger partial charge in [0.25, 0.3) is 0 Å². The topological polar surface area (TPSA) is 82.3 Å². The third-order valence-electron chi connectivity index (χ3n) is 4.75. The van der Waals surface area contributed by atoms with Gasteiger partial charge in [0.05, 0.1) is 5.69 Å². The van der Waals surface area contributed by atoms with Gasteiger partial charge in [-0.1, -0.05) is 54.6 Å². The van der Waals surface area contributed by atoms with Crippen LogP contribution in [0.4, 0.5) is 0 Å². The number of primary amides is 1. The van der Waals surface area contributed by atoms with Crippen molar-refractivity contribution < 1.29 is 14.3 Å². The van der Waals surface area contributed by atoms with E-state index in [2.05, 4.69) is 4.98 Å². The van der Waals surface area contributed by atoms with Gasteiger partial charge in [-0.05, 0) is 18.1 Å². The van der Waals surface area contributed by atoms with Gasteiger partial charge in [-0.3, -0.25) is 4.79 Å². The number of carbonyl (C=O) groups excluding carboxylic acids is 2. The predicted octanol–water partition coefficient (Wildman–Crippen LogP) is 3.47. The quantitative estimate of drug-likeness (QED) is 0.705. The SMILES string of the molecule is Cc1nc(-c2ccccc2)sc1C(=O)OC1Cc2ccccc2C1C(N)=O. The van der Waals surface area contributed by atoms with Crippen LogP contribution in [0.25, 0.3) is 10.6 Å². The van der Waals surface area contributed by atoms with Crippen molar-refractivity contribution in [1.82, 2.24) is 4.98 Å². The van der Waals surface area contributed by atoms with Crippen LogP contribution < -0.4 is 5.73 Å². The normalized spacial score (nSPS) is 18.1. The fourth-order valence-electron chi connectivity index (χ4n) is 3.49. The molecule has 0 aliphatic heterocycles. The number of amides is 1. The molecule has 1 aliphatic rings. The zero-order valence-electron chi connectivity index (χ0n) is 14.7.